The summed E-state index contributed by atoms with van der Waals surface area (Å²) in [6.07, 6.45) is 0. The van der Waals surface area contributed by atoms with E-state index in [0.717, 1.165) is 5.56 Å². The third kappa shape index (κ3) is 5.42. The van der Waals surface area contributed by atoms with Crippen molar-refractivity contribution in [3.63, 3.8) is 0 Å². The minimum atomic E-state index is -3.88. The van der Waals surface area contributed by atoms with Crippen LogP contribution in [-0.2, 0) is 19.6 Å². The molecule has 0 aromatic heterocycles. The van der Waals surface area contributed by atoms with Crippen LogP contribution in [0.2, 0.25) is 0 Å². The molecule has 0 saturated carbocycles. The van der Waals surface area contributed by atoms with Crippen molar-refractivity contribution < 1.29 is 22.7 Å². The van der Waals surface area contributed by atoms with Crippen molar-refractivity contribution in [2.24, 2.45) is 5.41 Å². The Morgan fingerprint density at radius 2 is 1.71 bits per heavy atom. The van der Waals surface area contributed by atoms with Gasteiger partial charge in [-0.1, -0.05) is 39.0 Å². The predicted molar refractivity (Wildman–Crippen MR) is 108 cm³/mol. The van der Waals surface area contributed by atoms with Gasteiger partial charge in [-0.2, -0.15) is 0 Å². The molecule has 0 spiro atoms. The summed E-state index contributed by atoms with van der Waals surface area (Å²) in [5, 5.41) is 0. The zero-order valence-electron chi connectivity index (χ0n) is 16.7. The van der Waals surface area contributed by atoms with Crippen molar-refractivity contribution in [1.29, 1.82) is 0 Å². The molecule has 0 saturated heterocycles. The molecular weight excluding hydrogens is 378 g/mol. The monoisotopic (exact) mass is 403 g/mol. The molecule has 6 nitrogen and oxygen atoms in total. The second-order valence-electron chi connectivity index (χ2n) is 7.70. The second-order valence-corrected chi connectivity index (χ2v) is 9.38. The number of rotatable bonds is 6. The SMILES string of the molecule is Cc1cccc(NS(=O)(=O)c2ccc(C)c(C(=O)OCC(=O)C(C)(C)C)c2)c1. The molecule has 2 rings (SSSR count). The average Bonchev–Trinajstić information content (AvgIpc) is 2.58. The highest BCUT2D eigenvalue weighted by Gasteiger charge is 2.24. The summed E-state index contributed by atoms with van der Waals surface area (Å²) in [5.74, 6) is -0.953. The maximum atomic E-state index is 12.7. The van der Waals surface area contributed by atoms with E-state index >= 15 is 0 Å². The molecular formula is C21H25NO5S. The van der Waals surface area contributed by atoms with Crippen LogP contribution in [0.25, 0.3) is 0 Å². The fourth-order valence-corrected chi connectivity index (χ4v) is 3.41. The van der Waals surface area contributed by atoms with Gasteiger partial charge in [0.25, 0.3) is 10.0 Å². The third-order valence-electron chi connectivity index (χ3n) is 4.18. The Morgan fingerprint density at radius 1 is 1.04 bits per heavy atom. The molecule has 150 valence electrons. The van der Waals surface area contributed by atoms with Gasteiger partial charge in [0.1, 0.15) is 0 Å². The molecule has 28 heavy (non-hydrogen) atoms. The zero-order valence-corrected chi connectivity index (χ0v) is 17.5. The number of carbonyl (C=O) groups is 2. The van der Waals surface area contributed by atoms with Gasteiger partial charge in [-0.15, -0.1) is 0 Å². The van der Waals surface area contributed by atoms with E-state index in [9.17, 15) is 18.0 Å². The molecule has 0 unspecified atom stereocenters. The number of hydrogen-bond donors (Lipinski definition) is 1. The summed E-state index contributed by atoms with van der Waals surface area (Å²) < 4.78 is 33.0. The lowest BCUT2D eigenvalue weighted by atomic mass is 9.91. The number of Topliss-reactive ketones (excluding diaryl/α,β-unsaturated/α-hetero) is 1. The van der Waals surface area contributed by atoms with E-state index in [2.05, 4.69) is 4.72 Å². The molecule has 7 heteroatoms. The Labute approximate surface area is 166 Å². The summed E-state index contributed by atoms with van der Waals surface area (Å²) in [5.41, 5.74) is 1.38. The molecule has 0 bridgehead atoms. The summed E-state index contributed by atoms with van der Waals surface area (Å²) in [6, 6.07) is 11.2. The Kier molecular flexibility index (Phi) is 6.29. The highest BCUT2D eigenvalue weighted by molar-refractivity contribution is 7.92. The van der Waals surface area contributed by atoms with Crippen LogP contribution >= 0.6 is 0 Å². The standard InChI is InChI=1S/C21H25NO5S/c1-14-7-6-8-16(11-14)22-28(25,26)17-10-9-15(2)18(12-17)20(24)27-13-19(23)21(3,4)5/h6-12,22H,13H2,1-5H3. The molecule has 0 aliphatic heterocycles. The minimum Gasteiger partial charge on any atom is -0.454 e. The number of nitrogens with one attached hydrogen (secondary N) is 1. The molecule has 2 aromatic rings. The number of carbonyl (C=O) groups excluding carboxylic acids is 2. The van der Waals surface area contributed by atoms with E-state index < -0.39 is 21.4 Å². The van der Waals surface area contributed by atoms with E-state index in [0.29, 0.717) is 11.3 Å². The fourth-order valence-electron chi connectivity index (χ4n) is 2.34. The van der Waals surface area contributed by atoms with Gasteiger partial charge in [0.05, 0.1) is 10.5 Å². The van der Waals surface area contributed by atoms with E-state index in [1.165, 1.54) is 18.2 Å². The first-order valence-electron chi connectivity index (χ1n) is 8.81. The minimum absolute atomic E-state index is 0.0614. The summed E-state index contributed by atoms with van der Waals surface area (Å²) in [4.78, 5) is 24.3. The first-order valence-corrected chi connectivity index (χ1v) is 10.3. The van der Waals surface area contributed by atoms with Gasteiger partial charge in [0.2, 0.25) is 0 Å². The van der Waals surface area contributed by atoms with Crippen LogP contribution < -0.4 is 4.72 Å². The molecule has 0 aliphatic rings. The molecule has 0 fully saturated rings. The van der Waals surface area contributed by atoms with Gasteiger partial charge in [-0.25, -0.2) is 13.2 Å². The Hall–Kier alpha value is -2.67. The Morgan fingerprint density at radius 3 is 2.32 bits per heavy atom. The topological polar surface area (TPSA) is 89.5 Å². The molecule has 0 heterocycles. The normalized spacial score (nSPS) is 11.8. The van der Waals surface area contributed by atoms with Crippen LogP contribution in [0.4, 0.5) is 5.69 Å². The molecule has 2 aromatic carbocycles. The van der Waals surface area contributed by atoms with Crippen LogP contribution in [0.5, 0.6) is 0 Å². The van der Waals surface area contributed by atoms with Gasteiger partial charge < -0.3 is 4.74 Å². The van der Waals surface area contributed by atoms with Crippen molar-refractivity contribution in [2.45, 2.75) is 39.5 Å². The van der Waals surface area contributed by atoms with E-state index in [4.69, 9.17) is 4.74 Å². The lowest BCUT2D eigenvalue weighted by Gasteiger charge is -2.16. The third-order valence-corrected chi connectivity index (χ3v) is 5.56. The van der Waals surface area contributed by atoms with E-state index in [1.807, 2.05) is 13.0 Å². The van der Waals surface area contributed by atoms with Crippen molar-refractivity contribution in [1.82, 2.24) is 0 Å². The largest absolute Gasteiger partial charge is 0.454 e. The van der Waals surface area contributed by atoms with Gasteiger partial charge in [0, 0.05) is 11.1 Å². The highest BCUT2D eigenvalue weighted by Crippen LogP contribution is 2.21. The van der Waals surface area contributed by atoms with Crippen LogP contribution in [0, 0.1) is 19.3 Å². The highest BCUT2D eigenvalue weighted by atomic mass is 32.2. The maximum absolute atomic E-state index is 12.7. The van der Waals surface area contributed by atoms with Gasteiger partial charge >= 0.3 is 5.97 Å². The fraction of sp³-hybridized carbons (Fsp3) is 0.333. The summed E-state index contributed by atoms with van der Waals surface area (Å²) >= 11 is 0. The molecule has 0 amide bonds. The second kappa shape index (κ2) is 8.14. The van der Waals surface area contributed by atoms with Crippen LogP contribution in [0.3, 0.4) is 0 Å². The van der Waals surface area contributed by atoms with Gasteiger partial charge in [-0.3, -0.25) is 9.52 Å². The van der Waals surface area contributed by atoms with Gasteiger partial charge in [-0.05, 0) is 49.2 Å². The Balaban J connectivity index is 2.24. The van der Waals surface area contributed by atoms with Crippen molar-refractivity contribution in [3.8, 4) is 0 Å². The number of aryl methyl sites for hydroxylation is 2. The number of hydrogen-bond acceptors (Lipinski definition) is 5. The Bertz CT molecular complexity index is 1000. The van der Waals surface area contributed by atoms with Crippen LogP contribution in [0.15, 0.2) is 47.4 Å². The number of ether oxygens (including phenoxy) is 1. The average molecular weight is 404 g/mol. The van der Waals surface area contributed by atoms with Crippen molar-refractivity contribution >= 4 is 27.5 Å². The summed E-state index contributed by atoms with van der Waals surface area (Å²) in [7, 11) is -3.88. The number of esters is 1. The van der Waals surface area contributed by atoms with Crippen LogP contribution in [0.1, 0.15) is 42.3 Å². The van der Waals surface area contributed by atoms with E-state index in [1.54, 1.807) is 45.9 Å². The number of sulfonamides is 1. The predicted octanol–water partition coefficient (Wildman–Crippen LogP) is 3.88. The molecule has 0 aliphatic carbocycles. The number of ketones is 1. The van der Waals surface area contributed by atoms with Crippen molar-refractivity contribution in [3.05, 3.63) is 59.2 Å². The van der Waals surface area contributed by atoms with Crippen molar-refractivity contribution in [2.75, 3.05) is 11.3 Å². The van der Waals surface area contributed by atoms with E-state index in [-0.39, 0.29) is 22.8 Å². The summed E-state index contributed by atoms with van der Waals surface area (Å²) in [6.45, 7) is 8.37. The van der Waals surface area contributed by atoms with Gasteiger partial charge in [0.15, 0.2) is 12.4 Å². The molecule has 0 atom stereocenters. The molecule has 0 radical (unpaired) electrons. The first kappa shape index (κ1) is 21.6. The quantitative estimate of drug-likeness (QED) is 0.740. The first-order chi connectivity index (χ1) is 12.9. The number of anilines is 1. The lowest BCUT2D eigenvalue weighted by Crippen LogP contribution is -2.26. The smallest absolute Gasteiger partial charge is 0.338 e. The van der Waals surface area contributed by atoms with Crippen LogP contribution in [-0.4, -0.2) is 26.8 Å². The number of benzene rings is 2. The lowest BCUT2D eigenvalue weighted by molar-refractivity contribution is -0.129. The zero-order chi connectivity index (χ0) is 21.1. The molecule has 1 N–H and O–H groups in total. The maximum Gasteiger partial charge on any atom is 0.338 e.